The minimum Gasteiger partial charge on any atom is -0.326 e. The summed E-state index contributed by atoms with van der Waals surface area (Å²) in [6.45, 7) is 0.0284. The Labute approximate surface area is 80.2 Å². The Hall–Kier alpha value is -1.54. The number of alkyl halides is 2. The van der Waals surface area contributed by atoms with Gasteiger partial charge in [0.1, 0.15) is 0 Å². The van der Waals surface area contributed by atoms with Crippen molar-refractivity contribution in [2.45, 2.75) is 19.4 Å². The molecule has 1 aromatic rings. The minimum atomic E-state index is -2.63. The van der Waals surface area contributed by atoms with Crippen molar-refractivity contribution >= 4 is 0 Å². The van der Waals surface area contributed by atoms with Gasteiger partial charge in [0.05, 0.1) is 18.2 Å². The summed E-state index contributed by atoms with van der Waals surface area (Å²) < 4.78 is 25.2. The van der Waals surface area contributed by atoms with Crippen LogP contribution in [0.4, 0.5) is 8.78 Å². The van der Waals surface area contributed by atoms with Gasteiger partial charge in [0, 0.05) is 18.3 Å². The molecule has 2 N–H and O–H groups in total. The molecule has 74 valence electrons. The highest BCUT2D eigenvalue weighted by atomic mass is 19.3. The molecule has 3 nitrogen and oxygen atoms in total. The van der Waals surface area contributed by atoms with E-state index in [9.17, 15) is 8.78 Å². The molecule has 1 heterocycles. The van der Waals surface area contributed by atoms with Crippen molar-refractivity contribution in [1.82, 2.24) is 4.98 Å². The highest BCUT2D eigenvalue weighted by molar-refractivity contribution is 5.32. The first-order chi connectivity index (χ1) is 6.70. The number of nitrogens with two attached hydrogens (primary N) is 1. The predicted molar refractivity (Wildman–Crippen MR) is 46.4 cm³/mol. The van der Waals surface area contributed by atoms with Crippen molar-refractivity contribution < 1.29 is 8.78 Å². The van der Waals surface area contributed by atoms with Gasteiger partial charge in [0.25, 0.3) is 6.43 Å². The Balaban J connectivity index is 3.22. The number of pyridine rings is 1. The van der Waals surface area contributed by atoms with E-state index >= 15 is 0 Å². The highest BCUT2D eigenvalue weighted by Crippen LogP contribution is 2.25. The third-order valence-electron chi connectivity index (χ3n) is 1.85. The van der Waals surface area contributed by atoms with Gasteiger partial charge in [0.2, 0.25) is 0 Å². The van der Waals surface area contributed by atoms with Gasteiger partial charge in [-0.3, -0.25) is 4.98 Å². The fourth-order valence-corrected chi connectivity index (χ4v) is 1.22. The molecule has 14 heavy (non-hydrogen) atoms. The van der Waals surface area contributed by atoms with Crippen LogP contribution in [0, 0.1) is 11.3 Å². The molecule has 0 atom stereocenters. The maximum Gasteiger partial charge on any atom is 0.265 e. The standard InChI is InChI=1S/C9H9F2N3/c10-9(11)8-6(5-13)2-4-14-7(8)1-3-12/h2,4,9H,1,5,13H2. The molecule has 0 fully saturated rings. The van der Waals surface area contributed by atoms with Crippen molar-refractivity contribution in [2.75, 3.05) is 0 Å². The number of hydrogen-bond donors (Lipinski definition) is 1. The Kier molecular flexibility index (Phi) is 3.48. The van der Waals surface area contributed by atoms with E-state index in [1.807, 2.05) is 0 Å². The second-order valence-electron chi connectivity index (χ2n) is 2.67. The van der Waals surface area contributed by atoms with Crippen LogP contribution in [-0.2, 0) is 13.0 Å². The zero-order valence-corrected chi connectivity index (χ0v) is 7.37. The predicted octanol–water partition coefficient (Wildman–Crippen LogP) is 1.54. The van der Waals surface area contributed by atoms with E-state index in [4.69, 9.17) is 11.0 Å². The molecule has 0 aliphatic rings. The lowest BCUT2D eigenvalue weighted by molar-refractivity contribution is 0.148. The van der Waals surface area contributed by atoms with Crippen LogP contribution in [0.3, 0.4) is 0 Å². The second-order valence-corrected chi connectivity index (χ2v) is 2.67. The molecule has 5 heteroatoms. The second kappa shape index (κ2) is 4.63. The van der Waals surface area contributed by atoms with Gasteiger partial charge in [-0.1, -0.05) is 0 Å². The SMILES string of the molecule is N#CCc1nccc(CN)c1C(F)F. The number of aromatic nitrogens is 1. The summed E-state index contributed by atoms with van der Waals surface area (Å²) in [6.07, 6.45) is -1.36. The van der Waals surface area contributed by atoms with Gasteiger partial charge in [0.15, 0.2) is 0 Å². The quantitative estimate of drug-likeness (QED) is 0.799. The molecule has 0 aliphatic carbocycles. The lowest BCUT2D eigenvalue weighted by atomic mass is 10.1. The van der Waals surface area contributed by atoms with Crippen LogP contribution in [0.2, 0.25) is 0 Å². The minimum absolute atomic E-state index is 0.0284. The van der Waals surface area contributed by atoms with Gasteiger partial charge >= 0.3 is 0 Å². The van der Waals surface area contributed by atoms with Crippen molar-refractivity contribution in [3.05, 3.63) is 29.1 Å². The van der Waals surface area contributed by atoms with Crippen molar-refractivity contribution in [1.29, 1.82) is 5.26 Å². The van der Waals surface area contributed by atoms with E-state index in [2.05, 4.69) is 4.98 Å². The van der Waals surface area contributed by atoms with E-state index < -0.39 is 6.43 Å². The molecule has 1 rings (SSSR count). The summed E-state index contributed by atoms with van der Waals surface area (Å²) in [7, 11) is 0. The lowest BCUT2D eigenvalue weighted by Crippen LogP contribution is -2.07. The maximum atomic E-state index is 12.6. The Morgan fingerprint density at radius 2 is 2.29 bits per heavy atom. The topological polar surface area (TPSA) is 62.7 Å². The Morgan fingerprint density at radius 3 is 2.79 bits per heavy atom. The molecule has 0 amide bonds. The lowest BCUT2D eigenvalue weighted by Gasteiger charge is -2.09. The number of nitrogens with zero attached hydrogens (tertiary/aromatic N) is 2. The number of nitriles is 1. The summed E-state index contributed by atoms with van der Waals surface area (Å²) in [5.74, 6) is 0. The van der Waals surface area contributed by atoms with Crippen LogP contribution in [-0.4, -0.2) is 4.98 Å². The number of rotatable bonds is 3. The average molecular weight is 197 g/mol. The third kappa shape index (κ3) is 2.03. The highest BCUT2D eigenvalue weighted by Gasteiger charge is 2.17. The third-order valence-corrected chi connectivity index (χ3v) is 1.85. The first-order valence-electron chi connectivity index (χ1n) is 4.02. The zero-order valence-electron chi connectivity index (χ0n) is 7.37. The van der Waals surface area contributed by atoms with Crippen LogP contribution in [0.25, 0.3) is 0 Å². The molecule has 0 aromatic carbocycles. The smallest absolute Gasteiger partial charge is 0.265 e. The van der Waals surface area contributed by atoms with E-state index in [1.165, 1.54) is 12.3 Å². The first kappa shape index (κ1) is 10.5. The molecule has 0 unspecified atom stereocenters. The molecule has 0 aliphatic heterocycles. The molecule has 0 spiro atoms. The normalized spacial score (nSPS) is 10.2. The average Bonchev–Trinajstić information content (AvgIpc) is 2.17. The molecular formula is C9H9F2N3. The van der Waals surface area contributed by atoms with Gasteiger partial charge in [-0.15, -0.1) is 0 Å². The van der Waals surface area contributed by atoms with Crippen LogP contribution < -0.4 is 5.73 Å². The fraction of sp³-hybridized carbons (Fsp3) is 0.333. The first-order valence-corrected chi connectivity index (χ1v) is 4.02. The van der Waals surface area contributed by atoms with E-state index in [-0.39, 0.29) is 24.2 Å². The largest absolute Gasteiger partial charge is 0.326 e. The van der Waals surface area contributed by atoms with Crippen LogP contribution in [0.1, 0.15) is 23.2 Å². The Bertz CT molecular complexity index is 358. The van der Waals surface area contributed by atoms with Crippen LogP contribution in [0.15, 0.2) is 12.3 Å². The van der Waals surface area contributed by atoms with Gasteiger partial charge < -0.3 is 5.73 Å². The summed E-state index contributed by atoms with van der Waals surface area (Å²) >= 11 is 0. The molecule has 0 saturated carbocycles. The summed E-state index contributed by atoms with van der Waals surface area (Å²) in [5.41, 5.74) is 5.58. The fourth-order valence-electron chi connectivity index (χ4n) is 1.22. The molecule has 0 saturated heterocycles. The van der Waals surface area contributed by atoms with Gasteiger partial charge in [-0.25, -0.2) is 8.78 Å². The van der Waals surface area contributed by atoms with E-state index in [0.29, 0.717) is 5.56 Å². The molecule has 1 aromatic heterocycles. The Morgan fingerprint density at radius 1 is 1.57 bits per heavy atom. The van der Waals surface area contributed by atoms with Crippen molar-refractivity contribution in [3.8, 4) is 6.07 Å². The maximum absolute atomic E-state index is 12.6. The van der Waals surface area contributed by atoms with Crippen molar-refractivity contribution in [2.24, 2.45) is 5.73 Å². The molecule has 0 bridgehead atoms. The summed E-state index contributed by atoms with van der Waals surface area (Å²) in [4.78, 5) is 3.74. The van der Waals surface area contributed by atoms with Crippen molar-refractivity contribution in [3.63, 3.8) is 0 Å². The number of hydrogen-bond acceptors (Lipinski definition) is 3. The van der Waals surface area contributed by atoms with Gasteiger partial charge in [-0.2, -0.15) is 5.26 Å². The molecular weight excluding hydrogens is 188 g/mol. The van der Waals surface area contributed by atoms with Crippen LogP contribution >= 0.6 is 0 Å². The molecule has 0 radical (unpaired) electrons. The monoisotopic (exact) mass is 197 g/mol. The van der Waals surface area contributed by atoms with E-state index in [1.54, 1.807) is 6.07 Å². The summed E-state index contributed by atoms with van der Waals surface area (Å²) in [6, 6.07) is 3.24. The van der Waals surface area contributed by atoms with Crippen LogP contribution in [0.5, 0.6) is 0 Å². The number of halogens is 2. The van der Waals surface area contributed by atoms with Gasteiger partial charge in [-0.05, 0) is 11.6 Å². The zero-order chi connectivity index (χ0) is 10.6. The summed E-state index contributed by atoms with van der Waals surface area (Å²) in [5, 5.41) is 8.42. The van der Waals surface area contributed by atoms with E-state index in [0.717, 1.165) is 0 Å².